The van der Waals surface area contributed by atoms with E-state index in [1.807, 2.05) is 12.1 Å². The van der Waals surface area contributed by atoms with Crippen molar-refractivity contribution < 1.29 is 4.79 Å². The molecular formula is C8H9N3OS. The quantitative estimate of drug-likeness (QED) is 0.526. The van der Waals surface area contributed by atoms with Crippen molar-refractivity contribution in [1.29, 1.82) is 0 Å². The fourth-order valence-corrected chi connectivity index (χ4v) is 1.16. The minimum absolute atomic E-state index is 0.375. The second-order valence-corrected chi connectivity index (χ2v) is 2.71. The van der Waals surface area contributed by atoms with Crippen LogP contribution in [0.3, 0.4) is 0 Å². The van der Waals surface area contributed by atoms with Crippen molar-refractivity contribution in [2.75, 3.05) is 0 Å². The van der Waals surface area contributed by atoms with Gasteiger partial charge in [-0.2, -0.15) is 10.1 Å². The first-order valence-electron chi connectivity index (χ1n) is 3.83. The van der Waals surface area contributed by atoms with Gasteiger partial charge in [0, 0.05) is 13.2 Å². The van der Waals surface area contributed by atoms with Crippen LogP contribution in [0.5, 0.6) is 0 Å². The first-order chi connectivity index (χ1) is 6.19. The number of isothiocyanates is 1. The van der Waals surface area contributed by atoms with E-state index in [9.17, 15) is 4.79 Å². The van der Waals surface area contributed by atoms with Gasteiger partial charge in [-0.1, -0.05) is 6.92 Å². The van der Waals surface area contributed by atoms with E-state index < -0.39 is 0 Å². The summed E-state index contributed by atoms with van der Waals surface area (Å²) in [5, 5.41) is 6.15. The van der Waals surface area contributed by atoms with E-state index in [0.717, 1.165) is 5.69 Å². The summed E-state index contributed by atoms with van der Waals surface area (Å²) in [5.74, 6) is -0.375. The maximum atomic E-state index is 11.3. The van der Waals surface area contributed by atoms with Crippen molar-refractivity contribution in [3.8, 4) is 0 Å². The van der Waals surface area contributed by atoms with Gasteiger partial charge in [-0.3, -0.25) is 9.48 Å². The molecule has 0 aliphatic carbocycles. The molecule has 0 atom stereocenters. The summed E-state index contributed by atoms with van der Waals surface area (Å²) >= 11 is 4.35. The number of nitrogens with zero attached hydrogens (tertiary/aromatic N) is 3. The van der Waals surface area contributed by atoms with Crippen LogP contribution in [0.15, 0.2) is 11.2 Å². The predicted octanol–water partition coefficient (Wildman–Crippen LogP) is 1.23. The molecule has 0 saturated heterocycles. The Morgan fingerprint density at radius 3 is 3.08 bits per heavy atom. The lowest BCUT2D eigenvalue weighted by Crippen LogP contribution is -1.96. The molecule has 0 aliphatic rings. The van der Waals surface area contributed by atoms with Crippen molar-refractivity contribution in [1.82, 2.24) is 9.78 Å². The molecule has 0 spiro atoms. The Morgan fingerprint density at radius 1 is 1.85 bits per heavy atom. The molecule has 68 valence electrons. The Kier molecular flexibility index (Phi) is 3.06. The molecule has 1 aromatic heterocycles. The van der Waals surface area contributed by atoms with E-state index >= 15 is 0 Å². The van der Waals surface area contributed by atoms with E-state index in [1.165, 1.54) is 0 Å². The highest BCUT2D eigenvalue weighted by Gasteiger charge is 2.12. The fourth-order valence-electron chi connectivity index (χ4n) is 1.08. The molecule has 1 heterocycles. The van der Waals surface area contributed by atoms with Gasteiger partial charge in [0.1, 0.15) is 0 Å². The summed E-state index contributed by atoms with van der Waals surface area (Å²) in [7, 11) is 1.76. The summed E-state index contributed by atoms with van der Waals surface area (Å²) in [6, 6.07) is 0. The van der Waals surface area contributed by atoms with Crippen molar-refractivity contribution in [3.05, 3.63) is 17.5 Å². The molecule has 1 amide bonds. The Balaban J connectivity index is 3.12. The van der Waals surface area contributed by atoms with Gasteiger partial charge >= 0.3 is 0 Å². The van der Waals surface area contributed by atoms with E-state index in [2.05, 4.69) is 22.3 Å². The number of thiocarbonyl (C=S) groups is 1. The summed E-state index contributed by atoms with van der Waals surface area (Å²) < 4.78 is 1.59. The molecule has 0 fully saturated rings. The lowest BCUT2D eigenvalue weighted by molar-refractivity contribution is 0.100. The SMILES string of the molecule is CCc1nn(C)cc1C(=O)N=C=S. The average molecular weight is 195 g/mol. The van der Waals surface area contributed by atoms with Crippen molar-refractivity contribution >= 4 is 23.3 Å². The van der Waals surface area contributed by atoms with Gasteiger partial charge in [0.15, 0.2) is 0 Å². The number of rotatable bonds is 2. The average Bonchev–Trinajstić information content (AvgIpc) is 2.47. The van der Waals surface area contributed by atoms with E-state index in [4.69, 9.17) is 0 Å². The monoisotopic (exact) mass is 195 g/mol. The maximum Gasteiger partial charge on any atom is 0.289 e. The standard InChI is InChI=1S/C8H9N3OS/c1-3-7-6(4-11(2)10-7)8(12)9-5-13/h4H,3H2,1-2H3. The molecule has 1 rings (SSSR count). The van der Waals surface area contributed by atoms with Gasteiger partial charge in [0.25, 0.3) is 5.91 Å². The van der Waals surface area contributed by atoms with Gasteiger partial charge in [-0.25, -0.2) is 0 Å². The largest absolute Gasteiger partial charge is 0.289 e. The van der Waals surface area contributed by atoms with Gasteiger partial charge in [0.05, 0.1) is 16.4 Å². The number of aromatic nitrogens is 2. The normalized spacial score (nSPS) is 9.38. The van der Waals surface area contributed by atoms with Crippen molar-refractivity contribution in [3.63, 3.8) is 0 Å². The van der Waals surface area contributed by atoms with Crippen LogP contribution in [0.25, 0.3) is 0 Å². The molecule has 0 radical (unpaired) electrons. The zero-order valence-electron chi connectivity index (χ0n) is 7.44. The number of aliphatic imine (C=N–C) groups is 1. The third kappa shape index (κ3) is 2.08. The highest BCUT2D eigenvalue weighted by molar-refractivity contribution is 7.78. The third-order valence-electron chi connectivity index (χ3n) is 1.62. The molecule has 4 nitrogen and oxygen atoms in total. The smallest absolute Gasteiger partial charge is 0.275 e. The van der Waals surface area contributed by atoms with E-state index in [-0.39, 0.29) is 5.91 Å². The second-order valence-electron chi connectivity index (χ2n) is 2.52. The lowest BCUT2D eigenvalue weighted by Gasteiger charge is -1.90. The number of carbonyl (C=O) groups excluding carboxylic acids is 1. The highest BCUT2D eigenvalue weighted by Crippen LogP contribution is 2.08. The first-order valence-corrected chi connectivity index (χ1v) is 4.24. The minimum Gasteiger partial charge on any atom is -0.275 e. The molecule has 13 heavy (non-hydrogen) atoms. The van der Waals surface area contributed by atoms with E-state index in [1.54, 1.807) is 17.9 Å². The van der Waals surface area contributed by atoms with Gasteiger partial charge in [-0.15, -0.1) is 0 Å². The summed E-state index contributed by atoms with van der Waals surface area (Å²) in [4.78, 5) is 14.7. The van der Waals surface area contributed by atoms with Crippen LogP contribution in [0, 0.1) is 0 Å². The number of hydrogen-bond acceptors (Lipinski definition) is 3. The molecule has 0 unspecified atom stereocenters. The Bertz CT molecular complexity index is 377. The van der Waals surface area contributed by atoms with Crippen LogP contribution in [0.4, 0.5) is 0 Å². The number of aryl methyl sites for hydroxylation is 2. The summed E-state index contributed by atoms with van der Waals surface area (Å²) in [5.41, 5.74) is 1.24. The van der Waals surface area contributed by atoms with Crippen molar-refractivity contribution in [2.45, 2.75) is 13.3 Å². The third-order valence-corrected chi connectivity index (χ3v) is 1.71. The zero-order valence-corrected chi connectivity index (χ0v) is 8.26. The molecule has 0 aromatic carbocycles. The van der Waals surface area contributed by atoms with Crippen LogP contribution in [-0.2, 0) is 13.5 Å². The molecule has 0 aliphatic heterocycles. The fraction of sp³-hybridized carbons (Fsp3) is 0.375. The van der Waals surface area contributed by atoms with Gasteiger partial charge in [-0.05, 0) is 18.6 Å². The maximum absolute atomic E-state index is 11.3. The minimum atomic E-state index is -0.375. The Morgan fingerprint density at radius 2 is 2.54 bits per heavy atom. The number of carbonyl (C=O) groups is 1. The van der Waals surface area contributed by atoms with Crippen LogP contribution in [0.1, 0.15) is 23.0 Å². The first kappa shape index (κ1) is 9.77. The lowest BCUT2D eigenvalue weighted by atomic mass is 10.2. The topological polar surface area (TPSA) is 47.2 Å². The van der Waals surface area contributed by atoms with Crippen LogP contribution >= 0.6 is 12.2 Å². The molecule has 0 saturated carbocycles. The highest BCUT2D eigenvalue weighted by atomic mass is 32.1. The van der Waals surface area contributed by atoms with Crippen LogP contribution in [0.2, 0.25) is 0 Å². The van der Waals surface area contributed by atoms with E-state index in [0.29, 0.717) is 12.0 Å². The molecule has 5 heteroatoms. The van der Waals surface area contributed by atoms with Crippen LogP contribution < -0.4 is 0 Å². The molecule has 1 aromatic rings. The second kappa shape index (κ2) is 4.07. The number of amides is 1. The molecular weight excluding hydrogens is 186 g/mol. The molecule has 0 bridgehead atoms. The Hall–Kier alpha value is -1.32. The van der Waals surface area contributed by atoms with Crippen molar-refractivity contribution in [2.24, 2.45) is 12.0 Å². The van der Waals surface area contributed by atoms with Gasteiger partial charge < -0.3 is 0 Å². The predicted molar refractivity (Wildman–Crippen MR) is 51.9 cm³/mol. The Labute approximate surface area is 81.3 Å². The number of hydrogen-bond donors (Lipinski definition) is 0. The summed E-state index contributed by atoms with van der Waals surface area (Å²) in [6.45, 7) is 1.93. The van der Waals surface area contributed by atoms with Crippen LogP contribution in [-0.4, -0.2) is 20.8 Å². The zero-order chi connectivity index (χ0) is 9.84. The summed E-state index contributed by atoms with van der Waals surface area (Å²) in [6.07, 6.45) is 2.34. The van der Waals surface area contributed by atoms with Gasteiger partial charge in [0.2, 0.25) is 0 Å². The molecule has 0 N–H and O–H groups in total.